The molecule has 2 heteroatoms. The predicted molar refractivity (Wildman–Crippen MR) is 88.3 cm³/mol. The van der Waals surface area contributed by atoms with E-state index in [4.69, 9.17) is 0 Å². The molecule has 0 radical (unpaired) electrons. The lowest BCUT2D eigenvalue weighted by molar-refractivity contribution is -0.104. The highest BCUT2D eigenvalue weighted by molar-refractivity contribution is 5.06. The molecule has 0 aromatic heterocycles. The van der Waals surface area contributed by atoms with Crippen molar-refractivity contribution in [2.24, 2.45) is 23.2 Å². The number of rotatable bonds is 4. The molecule has 5 fully saturated rings. The fourth-order valence-corrected chi connectivity index (χ4v) is 7.01. The lowest BCUT2D eigenvalue weighted by Gasteiger charge is -2.61. The Labute approximate surface area is 131 Å². The molecule has 2 nitrogen and oxygen atoms in total. The Bertz CT molecular complexity index is 336. The molecule has 1 N–H and O–H groups in total. The highest BCUT2D eigenvalue weighted by Gasteiger charge is 2.54. The monoisotopic (exact) mass is 290 g/mol. The number of nitrogens with zero attached hydrogens (tertiary/aromatic N) is 1. The zero-order chi connectivity index (χ0) is 14.4. The first-order chi connectivity index (χ1) is 10.2. The SMILES string of the molecule is CCN(C1CCCNC1)C(C)C12CC3CC(CC(C3)C1)C2. The van der Waals surface area contributed by atoms with Gasteiger partial charge in [0.05, 0.1) is 0 Å². The molecule has 0 aromatic rings. The van der Waals surface area contributed by atoms with E-state index in [1.165, 1.54) is 32.5 Å². The van der Waals surface area contributed by atoms with Crippen molar-refractivity contribution in [2.75, 3.05) is 19.6 Å². The summed E-state index contributed by atoms with van der Waals surface area (Å²) in [4.78, 5) is 2.89. The van der Waals surface area contributed by atoms with Crippen molar-refractivity contribution >= 4 is 0 Å². The van der Waals surface area contributed by atoms with Crippen LogP contribution in [0.25, 0.3) is 0 Å². The van der Waals surface area contributed by atoms with Crippen molar-refractivity contribution in [2.45, 2.75) is 77.3 Å². The lowest BCUT2D eigenvalue weighted by Crippen LogP contribution is -2.59. The molecule has 1 aliphatic heterocycles. The van der Waals surface area contributed by atoms with E-state index in [2.05, 4.69) is 24.1 Å². The summed E-state index contributed by atoms with van der Waals surface area (Å²) >= 11 is 0. The van der Waals surface area contributed by atoms with Gasteiger partial charge in [0.2, 0.25) is 0 Å². The van der Waals surface area contributed by atoms with Crippen molar-refractivity contribution in [3.8, 4) is 0 Å². The van der Waals surface area contributed by atoms with E-state index < -0.39 is 0 Å². The molecule has 2 atom stereocenters. The van der Waals surface area contributed by atoms with Crippen LogP contribution in [0.3, 0.4) is 0 Å². The maximum Gasteiger partial charge on any atom is 0.0224 e. The molecule has 1 saturated heterocycles. The van der Waals surface area contributed by atoms with Gasteiger partial charge in [-0.25, -0.2) is 0 Å². The summed E-state index contributed by atoms with van der Waals surface area (Å²) in [5.74, 6) is 3.26. The number of likely N-dealkylation sites (N-methyl/N-ethyl adjacent to an activating group) is 1. The Balaban J connectivity index is 1.53. The second kappa shape index (κ2) is 5.53. The highest BCUT2D eigenvalue weighted by Crippen LogP contribution is 2.62. The third-order valence-corrected chi connectivity index (χ3v) is 7.57. The van der Waals surface area contributed by atoms with Gasteiger partial charge in [-0.15, -0.1) is 0 Å². The molecule has 0 spiro atoms. The Kier molecular flexibility index (Phi) is 3.82. The molecule has 1 heterocycles. The second-order valence-corrected chi connectivity index (χ2v) is 8.79. The summed E-state index contributed by atoms with van der Waals surface area (Å²) in [6, 6.07) is 1.60. The van der Waals surface area contributed by atoms with Crippen LogP contribution in [0, 0.1) is 23.2 Å². The highest BCUT2D eigenvalue weighted by atomic mass is 15.2. The van der Waals surface area contributed by atoms with Crippen LogP contribution < -0.4 is 5.32 Å². The maximum absolute atomic E-state index is 3.64. The van der Waals surface area contributed by atoms with E-state index in [-0.39, 0.29) is 0 Å². The summed E-state index contributed by atoms with van der Waals surface area (Å²) in [7, 11) is 0. The van der Waals surface area contributed by atoms with Gasteiger partial charge in [0.1, 0.15) is 0 Å². The molecule has 2 unspecified atom stereocenters. The first-order valence-corrected chi connectivity index (χ1v) is 9.66. The van der Waals surface area contributed by atoms with Crippen molar-refractivity contribution in [1.82, 2.24) is 10.2 Å². The Hall–Kier alpha value is -0.0800. The molecule has 0 amide bonds. The second-order valence-electron chi connectivity index (χ2n) is 8.79. The molecule has 4 saturated carbocycles. The van der Waals surface area contributed by atoms with Crippen LogP contribution in [0.5, 0.6) is 0 Å². The number of hydrogen-bond donors (Lipinski definition) is 1. The van der Waals surface area contributed by atoms with Crippen LogP contribution in [0.15, 0.2) is 0 Å². The Morgan fingerprint density at radius 3 is 2.19 bits per heavy atom. The Morgan fingerprint density at radius 2 is 1.71 bits per heavy atom. The molecule has 0 aromatic carbocycles. The van der Waals surface area contributed by atoms with Gasteiger partial charge in [-0.2, -0.15) is 0 Å². The molecule has 5 rings (SSSR count). The molecular weight excluding hydrogens is 256 g/mol. The van der Waals surface area contributed by atoms with Crippen molar-refractivity contribution in [3.63, 3.8) is 0 Å². The van der Waals surface area contributed by atoms with Gasteiger partial charge < -0.3 is 5.32 Å². The van der Waals surface area contributed by atoms with Crippen LogP contribution in [0.1, 0.15) is 65.2 Å². The molecule has 5 aliphatic rings. The minimum atomic E-state index is 0.683. The van der Waals surface area contributed by atoms with E-state index in [0.29, 0.717) is 5.41 Å². The third-order valence-electron chi connectivity index (χ3n) is 7.57. The van der Waals surface area contributed by atoms with Crippen molar-refractivity contribution in [3.05, 3.63) is 0 Å². The third kappa shape index (κ3) is 2.47. The molecule has 21 heavy (non-hydrogen) atoms. The summed E-state index contributed by atoms with van der Waals surface area (Å²) in [6.07, 6.45) is 12.2. The van der Waals surface area contributed by atoms with E-state index in [1.54, 1.807) is 38.5 Å². The molecule has 4 bridgehead atoms. The first-order valence-electron chi connectivity index (χ1n) is 9.66. The zero-order valence-corrected chi connectivity index (χ0v) is 14.1. The largest absolute Gasteiger partial charge is 0.315 e. The number of hydrogen-bond acceptors (Lipinski definition) is 2. The summed E-state index contributed by atoms with van der Waals surface area (Å²) in [5.41, 5.74) is 0.683. The van der Waals surface area contributed by atoms with Crippen LogP contribution in [-0.4, -0.2) is 36.6 Å². The van der Waals surface area contributed by atoms with Crippen LogP contribution in [0.4, 0.5) is 0 Å². The summed E-state index contributed by atoms with van der Waals surface area (Å²) < 4.78 is 0. The summed E-state index contributed by atoms with van der Waals surface area (Å²) in [5, 5.41) is 3.64. The normalized spacial score (nSPS) is 47.0. The quantitative estimate of drug-likeness (QED) is 0.850. The number of nitrogens with one attached hydrogen (secondary N) is 1. The maximum atomic E-state index is 3.64. The fraction of sp³-hybridized carbons (Fsp3) is 1.00. The van der Waals surface area contributed by atoms with Gasteiger partial charge in [0.25, 0.3) is 0 Å². The van der Waals surface area contributed by atoms with Gasteiger partial charge in [-0.1, -0.05) is 6.92 Å². The van der Waals surface area contributed by atoms with Crippen molar-refractivity contribution in [1.29, 1.82) is 0 Å². The van der Waals surface area contributed by atoms with Gasteiger partial charge in [-0.05, 0) is 94.5 Å². The van der Waals surface area contributed by atoms with Gasteiger partial charge in [0, 0.05) is 18.6 Å². The van der Waals surface area contributed by atoms with Gasteiger partial charge in [0.15, 0.2) is 0 Å². The number of piperidine rings is 1. The zero-order valence-electron chi connectivity index (χ0n) is 14.1. The average molecular weight is 290 g/mol. The lowest BCUT2D eigenvalue weighted by atomic mass is 9.47. The average Bonchev–Trinajstić information content (AvgIpc) is 2.47. The molecule has 120 valence electrons. The standard InChI is InChI=1S/C19H34N2/c1-3-21(18-5-4-6-20-13-18)14(2)19-10-15-7-16(11-19)9-17(8-15)12-19/h14-18,20H,3-13H2,1-2H3. The van der Waals surface area contributed by atoms with Gasteiger partial charge >= 0.3 is 0 Å². The Morgan fingerprint density at radius 1 is 1.10 bits per heavy atom. The van der Waals surface area contributed by atoms with E-state index >= 15 is 0 Å². The van der Waals surface area contributed by atoms with E-state index in [9.17, 15) is 0 Å². The van der Waals surface area contributed by atoms with E-state index in [1.807, 2.05) is 0 Å². The van der Waals surface area contributed by atoms with E-state index in [0.717, 1.165) is 29.8 Å². The van der Waals surface area contributed by atoms with Crippen LogP contribution in [-0.2, 0) is 0 Å². The minimum absolute atomic E-state index is 0.683. The van der Waals surface area contributed by atoms with Crippen LogP contribution >= 0.6 is 0 Å². The first kappa shape index (κ1) is 14.5. The van der Waals surface area contributed by atoms with Gasteiger partial charge in [-0.3, -0.25) is 4.90 Å². The molecular formula is C19H34N2. The predicted octanol–water partition coefficient (Wildman–Crippen LogP) is 3.67. The summed E-state index contributed by atoms with van der Waals surface area (Å²) in [6.45, 7) is 8.69. The fourth-order valence-electron chi connectivity index (χ4n) is 7.01. The van der Waals surface area contributed by atoms with Crippen molar-refractivity contribution < 1.29 is 0 Å². The topological polar surface area (TPSA) is 15.3 Å². The van der Waals surface area contributed by atoms with Crippen LogP contribution in [0.2, 0.25) is 0 Å². The smallest absolute Gasteiger partial charge is 0.0224 e. The molecule has 4 aliphatic carbocycles. The minimum Gasteiger partial charge on any atom is -0.315 e.